The summed E-state index contributed by atoms with van der Waals surface area (Å²) < 4.78 is 39.6. The summed E-state index contributed by atoms with van der Waals surface area (Å²) in [6, 6.07) is 9.99. The second kappa shape index (κ2) is 9.66. The number of fused-ring (bicyclic) bond motifs is 1. The van der Waals surface area contributed by atoms with Gasteiger partial charge in [-0.15, -0.1) is 11.3 Å². The molecule has 1 aromatic carbocycles. The molecule has 4 heterocycles. The predicted octanol–water partition coefficient (Wildman–Crippen LogP) is 2.40. The van der Waals surface area contributed by atoms with Crippen LogP contribution < -0.4 is 15.0 Å². The van der Waals surface area contributed by atoms with Gasteiger partial charge in [0.1, 0.15) is 0 Å². The van der Waals surface area contributed by atoms with Crippen molar-refractivity contribution in [3.63, 3.8) is 0 Å². The van der Waals surface area contributed by atoms with Crippen LogP contribution in [0.2, 0.25) is 0 Å². The minimum atomic E-state index is -3.67. The van der Waals surface area contributed by atoms with Crippen LogP contribution >= 0.6 is 22.7 Å². The molecular formula is C22H23N5O5S3. The number of thiophene rings is 1. The summed E-state index contributed by atoms with van der Waals surface area (Å²) >= 11 is 2.94. The molecule has 1 aliphatic heterocycles. The van der Waals surface area contributed by atoms with Crippen LogP contribution in [0.1, 0.15) is 5.69 Å². The number of benzene rings is 1. The first kappa shape index (κ1) is 23.9. The van der Waals surface area contributed by atoms with Gasteiger partial charge in [-0.1, -0.05) is 17.4 Å². The van der Waals surface area contributed by atoms with Gasteiger partial charge in [0.2, 0.25) is 15.0 Å². The van der Waals surface area contributed by atoms with Crippen molar-refractivity contribution in [1.82, 2.24) is 23.8 Å². The van der Waals surface area contributed by atoms with E-state index in [-0.39, 0.29) is 10.5 Å². The van der Waals surface area contributed by atoms with Crippen LogP contribution in [0.15, 0.2) is 51.5 Å². The molecule has 0 bridgehead atoms. The number of rotatable bonds is 7. The molecule has 13 heteroatoms. The second-order valence-electron chi connectivity index (χ2n) is 7.86. The Morgan fingerprint density at radius 1 is 1.03 bits per heavy atom. The Bertz CT molecular complexity index is 1510. The number of aromatic nitrogens is 3. The van der Waals surface area contributed by atoms with Crippen LogP contribution in [0.3, 0.4) is 0 Å². The zero-order chi connectivity index (χ0) is 24.6. The highest BCUT2D eigenvalue weighted by molar-refractivity contribution is 7.89. The molecule has 0 aliphatic carbocycles. The lowest BCUT2D eigenvalue weighted by atomic mass is 10.3. The Morgan fingerprint density at radius 2 is 1.80 bits per heavy atom. The average Bonchev–Trinajstić information content (AvgIpc) is 3.54. The SMILES string of the molecule is COc1ccc(S(=O)(=O)N2CCN(Cc3cc(=O)n4nc(-c5cccs5)sc4n3)CC2)cc1OC. The average molecular weight is 534 g/mol. The fourth-order valence-corrected chi connectivity index (χ4v) is 7.07. The number of hydrogen-bond acceptors (Lipinski definition) is 10. The van der Waals surface area contributed by atoms with E-state index in [1.165, 1.54) is 52.6 Å². The van der Waals surface area contributed by atoms with E-state index in [0.29, 0.717) is 54.9 Å². The van der Waals surface area contributed by atoms with Gasteiger partial charge in [0, 0.05) is 44.9 Å². The molecule has 0 spiro atoms. The number of ether oxygens (including phenoxy) is 2. The zero-order valence-corrected chi connectivity index (χ0v) is 21.5. The molecule has 35 heavy (non-hydrogen) atoms. The molecule has 3 aromatic heterocycles. The third-order valence-electron chi connectivity index (χ3n) is 5.74. The number of nitrogens with zero attached hydrogens (tertiary/aromatic N) is 5. The summed E-state index contributed by atoms with van der Waals surface area (Å²) in [7, 11) is -0.698. The van der Waals surface area contributed by atoms with Gasteiger partial charge < -0.3 is 9.47 Å². The largest absolute Gasteiger partial charge is 0.493 e. The molecule has 1 aliphatic rings. The fourth-order valence-electron chi connectivity index (χ4n) is 3.92. The van der Waals surface area contributed by atoms with E-state index in [1.54, 1.807) is 17.4 Å². The normalized spacial score (nSPS) is 15.5. The maximum Gasteiger partial charge on any atom is 0.275 e. The van der Waals surface area contributed by atoms with Gasteiger partial charge in [-0.2, -0.15) is 13.9 Å². The summed E-state index contributed by atoms with van der Waals surface area (Å²) in [6.45, 7) is 2.18. The smallest absolute Gasteiger partial charge is 0.275 e. The fraction of sp³-hybridized carbons (Fsp3) is 0.318. The Balaban J connectivity index is 1.28. The molecule has 5 rings (SSSR count). The molecule has 4 aromatic rings. The molecule has 10 nitrogen and oxygen atoms in total. The van der Waals surface area contributed by atoms with Crippen molar-refractivity contribution in [2.45, 2.75) is 11.4 Å². The van der Waals surface area contributed by atoms with E-state index in [9.17, 15) is 13.2 Å². The first-order valence-electron chi connectivity index (χ1n) is 10.8. The summed E-state index contributed by atoms with van der Waals surface area (Å²) in [5, 5.41) is 7.12. The maximum atomic E-state index is 13.2. The number of hydrogen-bond donors (Lipinski definition) is 0. The summed E-state index contributed by atoms with van der Waals surface area (Å²) in [5.41, 5.74) is 0.423. The lowest BCUT2D eigenvalue weighted by Gasteiger charge is -2.33. The van der Waals surface area contributed by atoms with Crippen LogP contribution in [-0.2, 0) is 16.6 Å². The van der Waals surface area contributed by atoms with Gasteiger partial charge in [0.25, 0.3) is 5.56 Å². The van der Waals surface area contributed by atoms with E-state index in [1.807, 2.05) is 17.5 Å². The Morgan fingerprint density at radius 3 is 2.49 bits per heavy atom. The van der Waals surface area contributed by atoms with Crippen LogP contribution in [-0.4, -0.2) is 72.6 Å². The molecule has 1 saturated heterocycles. The molecule has 0 amide bonds. The monoisotopic (exact) mass is 533 g/mol. The lowest BCUT2D eigenvalue weighted by Crippen LogP contribution is -2.48. The zero-order valence-electron chi connectivity index (χ0n) is 19.1. The topological polar surface area (TPSA) is 106 Å². The Kier molecular flexibility index (Phi) is 6.59. The lowest BCUT2D eigenvalue weighted by molar-refractivity contribution is 0.180. The first-order chi connectivity index (χ1) is 16.9. The number of methoxy groups -OCH3 is 2. The van der Waals surface area contributed by atoms with Crippen molar-refractivity contribution in [1.29, 1.82) is 0 Å². The summed E-state index contributed by atoms with van der Waals surface area (Å²) in [4.78, 5) is 21.0. The molecular weight excluding hydrogens is 510 g/mol. The van der Waals surface area contributed by atoms with Crippen molar-refractivity contribution in [2.75, 3.05) is 40.4 Å². The number of sulfonamides is 1. The maximum absolute atomic E-state index is 13.2. The van der Waals surface area contributed by atoms with E-state index >= 15 is 0 Å². The van der Waals surface area contributed by atoms with Crippen molar-refractivity contribution in [3.8, 4) is 21.4 Å². The molecule has 0 unspecified atom stereocenters. The van der Waals surface area contributed by atoms with Gasteiger partial charge >= 0.3 is 0 Å². The van der Waals surface area contributed by atoms with Crippen LogP contribution in [0.5, 0.6) is 11.5 Å². The van der Waals surface area contributed by atoms with Crippen molar-refractivity contribution >= 4 is 37.7 Å². The third kappa shape index (κ3) is 4.69. The molecule has 0 N–H and O–H groups in total. The predicted molar refractivity (Wildman–Crippen MR) is 134 cm³/mol. The molecule has 0 radical (unpaired) electrons. The number of piperazine rings is 1. The van der Waals surface area contributed by atoms with E-state index < -0.39 is 10.0 Å². The van der Waals surface area contributed by atoms with Gasteiger partial charge in [-0.3, -0.25) is 9.69 Å². The highest BCUT2D eigenvalue weighted by Gasteiger charge is 2.29. The Labute approximate surface area is 210 Å². The quantitative estimate of drug-likeness (QED) is 0.357. The molecule has 1 fully saturated rings. The minimum absolute atomic E-state index is 0.162. The second-order valence-corrected chi connectivity index (χ2v) is 11.7. The van der Waals surface area contributed by atoms with E-state index in [2.05, 4.69) is 15.0 Å². The van der Waals surface area contributed by atoms with Gasteiger partial charge in [0.05, 0.1) is 29.7 Å². The van der Waals surface area contributed by atoms with Crippen molar-refractivity contribution in [3.05, 3.63) is 57.8 Å². The molecule has 0 saturated carbocycles. The highest BCUT2D eigenvalue weighted by Crippen LogP contribution is 2.31. The van der Waals surface area contributed by atoms with E-state index in [4.69, 9.17) is 9.47 Å². The summed E-state index contributed by atoms with van der Waals surface area (Å²) in [5.74, 6) is 0.838. The van der Waals surface area contributed by atoms with Crippen LogP contribution in [0, 0.1) is 0 Å². The highest BCUT2D eigenvalue weighted by atomic mass is 32.2. The van der Waals surface area contributed by atoms with Crippen molar-refractivity contribution < 1.29 is 17.9 Å². The van der Waals surface area contributed by atoms with Crippen LogP contribution in [0.4, 0.5) is 0 Å². The third-order valence-corrected chi connectivity index (χ3v) is 9.58. The van der Waals surface area contributed by atoms with Gasteiger partial charge in [-0.05, 0) is 23.6 Å². The van der Waals surface area contributed by atoms with Gasteiger partial charge in [0.15, 0.2) is 16.5 Å². The van der Waals surface area contributed by atoms with Crippen molar-refractivity contribution in [2.24, 2.45) is 0 Å². The van der Waals surface area contributed by atoms with E-state index in [0.717, 1.165) is 9.88 Å². The van der Waals surface area contributed by atoms with Gasteiger partial charge in [-0.25, -0.2) is 13.4 Å². The summed E-state index contributed by atoms with van der Waals surface area (Å²) in [6.07, 6.45) is 0. The molecule has 184 valence electrons. The molecule has 0 atom stereocenters. The van der Waals surface area contributed by atoms with Crippen LogP contribution in [0.25, 0.3) is 14.8 Å². The Hall–Kier alpha value is -2.84. The minimum Gasteiger partial charge on any atom is -0.493 e. The first-order valence-corrected chi connectivity index (χ1v) is 13.9. The standard InChI is InChI=1S/C22H23N5O5S3/c1-31-17-6-5-16(13-18(17)32-2)35(29,30)26-9-7-25(8-10-26)14-15-12-20(28)27-22(23-15)34-21(24-27)19-4-3-11-33-19/h3-6,11-13H,7-10,14H2,1-2H3.